The highest BCUT2D eigenvalue weighted by Crippen LogP contribution is 2.46. The summed E-state index contributed by atoms with van der Waals surface area (Å²) in [6.45, 7) is 2.23. The third-order valence-electron chi connectivity index (χ3n) is 5.67. The second-order valence-electron chi connectivity index (χ2n) is 6.97. The van der Waals surface area contributed by atoms with E-state index in [0.29, 0.717) is 5.92 Å². The molecule has 5 rings (SSSR count). The Kier molecular flexibility index (Phi) is 3.84. The fourth-order valence-corrected chi connectivity index (χ4v) is 4.47. The average molecular weight is 324 g/mol. The van der Waals surface area contributed by atoms with Crippen molar-refractivity contribution in [3.05, 3.63) is 100 Å². The monoisotopic (exact) mass is 324 g/mol. The first-order valence-corrected chi connectivity index (χ1v) is 8.79. The van der Waals surface area contributed by atoms with E-state index in [9.17, 15) is 0 Å². The average Bonchev–Trinajstić information content (AvgIpc) is 3.23. The standard InChI is InChI=1S/C24H20.CH4/c1-16-13-14-17(19-12-6-11-18(16)19)15-24-22-9-4-2-7-20(22)21-8-3-5-10-23(21)24;/h2-10,12-14,24H,11,15H2,1H3;1H4. The molecule has 0 unspecified atom stereocenters. The number of rotatable bonds is 2. The lowest BCUT2D eigenvalue weighted by Gasteiger charge is -2.17. The van der Waals surface area contributed by atoms with Crippen molar-refractivity contribution in [2.24, 2.45) is 0 Å². The predicted octanol–water partition coefficient (Wildman–Crippen LogP) is 6.56. The Balaban J connectivity index is 0.00000157. The van der Waals surface area contributed by atoms with Gasteiger partial charge in [0.1, 0.15) is 0 Å². The zero-order valence-corrected chi connectivity index (χ0v) is 13.9. The van der Waals surface area contributed by atoms with E-state index in [2.05, 4.69) is 79.7 Å². The van der Waals surface area contributed by atoms with Gasteiger partial charge in [0.15, 0.2) is 0 Å². The van der Waals surface area contributed by atoms with E-state index in [1.165, 1.54) is 44.5 Å². The van der Waals surface area contributed by atoms with E-state index in [-0.39, 0.29) is 7.43 Å². The highest BCUT2D eigenvalue weighted by Gasteiger charge is 2.29. The normalized spacial score (nSPS) is 14.0. The van der Waals surface area contributed by atoms with E-state index in [1.807, 2.05) is 0 Å². The van der Waals surface area contributed by atoms with Crippen LogP contribution in [0.15, 0.2) is 66.7 Å². The van der Waals surface area contributed by atoms with E-state index >= 15 is 0 Å². The zero-order valence-electron chi connectivity index (χ0n) is 13.9. The summed E-state index contributed by atoms with van der Waals surface area (Å²) in [4.78, 5) is 0. The lowest BCUT2D eigenvalue weighted by atomic mass is 9.87. The minimum Gasteiger partial charge on any atom is -0.0795 e. The van der Waals surface area contributed by atoms with E-state index in [1.54, 1.807) is 0 Å². The van der Waals surface area contributed by atoms with Crippen molar-refractivity contribution in [1.82, 2.24) is 0 Å². The molecule has 0 saturated heterocycles. The van der Waals surface area contributed by atoms with Crippen molar-refractivity contribution in [1.29, 1.82) is 0 Å². The van der Waals surface area contributed by atoms with Crippen molar-refractivity contribution in [3.8, 4) is 11.1 Å². The first kappa shape index (κ1) is 15.9. The molecule has 0 N–H and O–H groups in total. The van der Waals surface area contributed by atoms with Gasteiger partial charge in [-0.25, -0.2) is 0 Å². The third kappa shape index (κ3) is 2.36. The molecule has 0 heteroatoms. The van der Waals surface area contributed by atoms with Crippen LogP contribution in [0.25, 0.3) is 17.2 Å². The van der Waals surface area contributed by atoms with Crippen molar-refractivity contribution < 1.29 is 0 Å². The van der Waals surface area contributed by atoms with Crippen LogP contribution in [0, 0.1) is 6.92 Å². The minimum absolute atomic E-state index is 0. The molecular formula is C25H24. The molecule has 3 aromatic carbocycles. The van der Waals surface area contributed by atoms with Crippen molar-refractivity contribution in [2.45, 2.75) is 33.1 Å². The summed E-state index contributed by atoms with van der Waals surface area (Å²) in [5, 5.41) is 0. The summed E-state index contributed by atoms with van der Waals surface area (Å²) in [6, 6.07) is 22.5. The van der Waals surface area contributed by atoms with E-state index < -0.39 is 0 Å². The summed E-state index contributed by atoms with van der Waals surface area (Å²) in [7, 11) is 0. The topological polar surface area (TPSA) is 0 Å². The Morgan fingerprint density at radius 2 is 1.48 bits per heavy atom. The summed E-state index contributed by atoms with van der Waals surface area (Å²) in [6.07, 6.45) is 6.80. The van der Waals surface area contributed by atoms with Gasteiger partial charge in [-0.3, -0.25) is 0 Å². The Morgan fingerprint density at radius 1 is 0.840 bits per heavy atom. The minimum atomic E-state index is 0. The van der Waals surface area contributed by atoms with Crippen LogP contribution in [-0.2, 0) is 12.8 Å². The smallest absolute Gasteiger partial charge is 0.0142 e. The van der Waals surface area contributed by atoms with Gasteiger partial charge in [0.25, 0.3) is 0 Å². The van der Waals surface area contributed by atoms with Crippen LogP contribution in [0.2, 0.25) is 0 Å². The van der Waals surface area contributed by atoms with Gasteiger partial charge in [-0.05, 0) is 64.3 Å². The summed E-state index contributed by atoms with van der Waals surface area (Å²) in [5.41, 5.74) is 11.7. The molecule has 0 atom stereocenters. The van der Waals surface area contributed by atoms with Crippen molar-refractivity contribution in [3.63, 3.8) is 0 Å². The molecule has 25 heavy (non-hydrogen) atoms. The summed E-state index contributed by atoms with van der Waals surface area (Å²) in [5.74, 6) is 0.471. The van der Waals surface area contributed by atoms with Crippen LogP contribution in [0.5, 0.6) is 0 Å². The van der Waals surface area contributed by atoms with Gasteiger partial charge in [0.05, 0.1) is 0 Å². The number of hydrogen-bond donors (Lipinski definition) is 0. The predicted molar refractivity (Wildman–Crippen MR) is 108 cm³/mol. The Hall–Kier alpha value is -2.60. The molecule has 0 heterocycles. The van der Waals surface area contributed by atoms with Gasteiger partial charge in [-0.1, -0.05) is 80.2 Å². The van der Waals surface area contributed by atoms with Gasteiger partial charge in [-0.15, -0.1) is 0 Å². The lowest BCUT2D eigenvalue weighted by molar-refractivity contribution is 0.824. The number of aryl methyl sites for hydroxylation is 1. The summed E-state index contributed by atoms with van der Waals surface area (Å²) < 4.78 is 0. The highest BCUT2D eigenvalue weighted by atomic mass is 14.3. The Morgan fingerprint density at radius 3 is 2.16 bits per heavy atom. The van der Waals surface area contributed by atoms with Crippen LogP contribution in [0.1, 0.15) is 46.7 Å². The molecule has 124 valence electrons. The fourth-order valence-electron chi connectivity index (χ4n) is 4.47. The second-order valence-corrected chi connectivity index (χ2v) is 6.97. The molecule has 0 radical (unpaired) electrons. The molecule has 0 saturated carbocycles. The van der Waals surface area contributed by atoms with Gasteiger partial charge >= 0.3 is 0 Å². The molecular weight excluding hydrogens is 300 g/mol. The molecule has 0 fully saturated rings. The quantitative estimate of drug-likeness (QED) is 0.501. The maximum Gasteiger partial charge on any atom is 0.0142 e. The maximum absolute atomic E-state index is 2.34. The molecule has 0 nitrogen and oxygen atoms in total. The molecule has 0 amide bonds. The van der Waals surface area contributed by atoms with Crippen molar-refractivity contribution in [2.75, 3.05) is 0 Å². The van der Waals surface area contributed by atoms with Crippen LogP contribution in [-0.4, -0.2) is 0 Å². The van der Waals surface area contributed by atoms with Crippen molar-refractivity contribution >= 4 is 6.08 Å². The number of allylic oxidation sites excluding steroid dienone is 1. The maximum atomic E-state index is 2.34. The molecule has 3 aromatic rings. The number of benzene rings is 3. The van der Waals surface area contributed by atoms with Crippen LogP contribution in [0.3, 0.4) is 0 Å². The van der Waals surface area contributed by atoms with Gasteiger partial charge in [-0.2, -0.15) is 0 Å². The SMILES string of the molecule is C.Cc1ccc(CC2c3ccccc3-c3ccccc32)c2c1CC=C2. The Bertz CT molecular complexity index is 930. The third-order valence-corrected chi connectivity index (χ3v) is 5.67. The number of fused-ring (bicyclic) bond motifs is 4. The van der Waals surface area contributed by atoms with Gasteiger partial charge < -0.3 is 0 Å². The molecule has 0 bridgehead atoms. The molecule has 0 aromatic heterocycles. The Labute approximate surface area is 150 Å². The van der Waals surface area contributed by atoms with E-state index in [4.69, 9.17) is 0 Å². The van der Waals surface area contributed by atoms with Crippen LogP contribution >= 0.6 is 0 Å². The fraction of sp³-hybridized carbons (Fsp3) is 0.200. The van der Waals surface area contributed by atoms with Gasteiger partial charge in [0, 0.05) is 5.92 Å². The largest absolute Gasteiger partial charge is 0.0795 e. The lowest BCUT2D eigenvalue weighted by Crippen LogP contribution is -2.04. The first-order valence-electron chi connectivity index (χ1n) is 8.79. The zero-order chi connectivity index (χ0) is 16.1. The highest BCUT2D eigenvalue weighted by molar-refractivity contribution is 5.79. The first-order chi connectivity index (χ1) is 11.8. The molecule has 0 spiro atoms. The van der Waals surface area contributed by atoms with Gasteiger partial charge in [0.2, 0.25) is 0 Å². The van der Waals surface area contributed by atoms with Crippen LogP contribution < -0.4 is 0 Å². The second kappa shape index (κ2) is 6.04. The van der Waals surface area contributed by atoms with Crippen LogP contribution in [0.4, 0.5) is 0 Å². The number of hydrogen-bond acceptors (Lipinski definition) is 0. The van der Waals surface area contributed by atoms with E-state index in [0.717, 1.165) is 12.8 Å². The summed E-state index contributed by atoms with van der Waals surface area (Å²) >= 11 is 0. The molecule has 0 aliphatic heterocycles. The molecule has 2 aliphatic rings. The molecule has 2 aliphatic carbocycles.